The summed E-state index contributed by atoms with van der Waals surface area (Å²) in [6.07, 6.45) is -0.284. The summed E-state index contributed by atoms with van der Waals surface area (Å²) >= 11 is 0. The molecule has 0 saturated heterocycles. The second kappa shape index (κ2) is 8.99. The molecule has 2 N–H and O–H groups in total. The standard InChI is InChI=1S/C10H21NO7Si/c1-5-18-10(14)8(6-9(12)13)11-7-19(15-2,16-3)17-4/h8,11H,5-7H2,1-4H3,(H,12,13). The number of aliphatic carboxylic acids is 1. The average Bonchev–Trinajstić information content (AvgIpc) is 2.39. The van der Waals surface area contributed by atoms with E-state index in [2.05, 4.69) is 5.32 Å². The molecule has 0 aromatic heterocycles. The summed E-state index contributed by atoms with van der Waals surface area (Å²) in [7, 11) is 1.37. The molecule has 19 heavy (non-hydrogen) atoms. The van der Waals surface area contributed by atoms with Gasteiger partial charge >= 0.3 is 20.7 Å². The molecule has 0 aliphatic heterocycles. The monoisotopic (exact) mass is 295 g/mol. The smallest absolute Gasteiger partial charge is 0.481 e. The summed E-state index contributed by atoms with van der Waals surface area (Å²) in [4.78, 5) is 22.3. The second-order valence-corrected chi connectivity index (χ2v) is 6.52. The minimum atomic E-state index is -2.91. The molecule has 0 saturated carbocycles. The molecule has 0 bridgehead atoms. The summed E-state index contributed by atoms with van der Waals surface area (Å²) in [5.41, 5.74) is 0. The van der Waals surface area contributed by atoms with Crippen molar-refractivity contribution >= 4 is 20.7 Å². The maximum absolute atomic E-state index is 11.6. The van der Waals surface area contributed by atoms with Gasteiger partial charge in [-0.2, -0.15) is 0 Å². The summed E-state index contributed by atoms with van der Waals surface area (Å²) in [6.45, 7) is 1.83. The lowest BCUT2D eigenvalue weighted by molar-refractivity contribution is -0.150. The lowest BCUT2D eigenvalue weighted by atomic mass is 10.2. The molecule has 0 aliphatic rings. The van der Waals surface area contributed by atoms with Gasteiger partial charge in [0.2, 0.25) is 0 Å². The van der Waals surface area contributed by atoms with Crippen molar-refractivity contribution in [2.75, 3.05) is 34.1 Å². The van der Waals surface area contributed by atoms with Crippen molar-refractivity contribution in [1.82, 2.24) is 5.32 Å². The van der Waals surface area contributed by atoms with Crippen LogP contribution in [-0.2, 0) is 27.6 Å². The Bertz CT molecular complexity index is 287. The van der Waals surface area contributed by atoms with Crippen molar-refractivity contribution in [3.8, 4) is 0 Å². The van der Waals surface area contributed by atoms with E-state index in [1.165, 1.54) is 21.3 Å². The Morgan fingerprint density at radius 3 is 2.11 bits per heavy atom. The fourth-order valence-corrected chi connectivity index (χ4v) is 2.80. The van der Waals surface area contributed by atoms with E-state index in [0.717, 1.165) is 0 Å². The minimum absolute atomic E-state index is 0.104. The van der Waals surface area contributed by atoms with Crippen LogP contribution in [0.5, 0.6) is 0 Å². The highest BCUT2D eigenvalue weighted by molar-refractivity contribution is 6.60. The number of hydrogen-bond donors (Lipinski definition) is 2. The Morgan fingerprint density at radius 2 is 1.74 bits per heavy atom. The van der Waals surface area contributed by atoms with Gasteiger partial charge in [-0.15, -0.1) is 0 Å². The highest BCUT2D eigenvalue weighted by atomic mass is 28.4. The number of esters is 1. The van der Waals surface area contributed by atoms with Gasteiger partial charge < -0.3 is 23.1 Å². The third kappa shape index (κ3) is 6.12. The number of carbonyl (C=O) groups excluding carboxylic acids is 1. The molecule has 1 atom stereocenters. The molecular formula is C10H21NO7Si. The SMILES string of the molecule is CCOC(=O)C(CC(=O)O)NC[Si](OC)(OC)OC. The van der Waals surface area contributed by atoms with Crippen LogP contribution in [0.1, 0.15) is 13.3 Å². The van der Waals surface area contributed by atoms with Gasteiger partial charge in [0.15, 0.2) is 0 Å². The number of carbonyl (C=O) groups is 2. The third-order valence-corrected chi connectivity index (χ3v) is 4.95. The maximum Gasteiger partial charge on any atom is 0.514 e. The van der Waals surface area contributed by atoms with E-state index in [0.29, 0.717) is 0 Å². The number of carboxylic acid groups (broad SMARTS) is 1. The van der Waals surface area contributed by atoms with Crippen LogP contribution in [0.3, 0.4) is 0 Å². The first kappa shape index (κ1) is 18.0. The average molecular weight is 295 g/mol. The number of rotatable bonds is 10. The Morgan fingerprint density at radius 1 is 1.21 bits per heavy atom. The molecule has 112 valence electrons. The third-order valence-electron chi connectivity index (χ3n) is 2.45. The van der Waals surface area contributed by atoms with Gasteiger partial charge in [-0.1, -0.05) is 0 Å². The van der Waals surface area contributed by atoms with Crippen LogP contribution in [-0.4, -0.2) is 66.0 Å². The Hall–Kier alpha value is -1.00. The van der Waals surface area contributed by atoms with Crippen molar-refractivity contribution in [1.29, 1.82) is 0 Å². The molecule has 0 aromatic carbocycles. The maximum atomic E-state index is 11.6. The molecule has 0 radical (unpaired) electrons. The molecule has 0 fully saturated rings. The molecule has 0 rings (SSSR count). The Labute approximate surface area is 113 Å². The number of carboxylic acids is 1. The summed E-state index contributed by atoms with van der Waals surface area (Å²) in [5, 5.41) is 11.5. The van der Waals surface area contributed by atoms with E-state index >= 15 is 0 Å². The zero-order chi connectivity index (χ0) is 14.9. The predicted molar refractivity (Wildman–Crippen MR) is 67.5 cm³/mol. The van der Waals surface area contributed by atoms with Crippen LogP contribution in [0.15, 0.2) is 0 Å². The predicted octanol–water partition coefficient (Wildman–Crippen LogP) is -0.600. The molecule has 0 amide bonds. The molecule has 0 aliphatic carbocycles. The van der Waals surface area contributed by atoms with Crippen LogP contribution in [0, 0.1) is 0 Å². The Balaban J connectivity index is 4.63. The topological polar surface area (TPSA) is 103 Å². The fraction of sp³-hybridized carbons (Fsp3) is 0.800. The van der Waals surface area contributed by atoms with Crippen molar-refractivity contribution < 1.29 is 32.7 Å². The highest BCUT2D eigenvalue weighted by Crippen LogP contribution is 2.06. The van der Waals surface area contributed by atoms with Crippen LogP contribution in [0.4, 0.5) is 0 Å². The summed E-state index contributed by atoms with van der Waals surface area (Å²) in [6, 6.07) is -0.968. The molecule has 0 aromatic rings. The van der Waals surface area contributed by atoms with Crippen LogP contribution in [0.2, 0.25) is 0 Å². The van der Waals surface area contributed by atoms with Crippen LogP contribution >= 0.6 is 0 Å². The van der Waals surface area contributed by atoms with Gasteiger partial charge in [-0.25, -0.2) is 0 Å². The van der Waals surface area contributed by atoms with E-state index in [4.69, 9.17) is 23.1 Å². The lowest BCUT2D eigenvalue weighted by Crippen LogP contribution is -2.55. The van der Waals surface area contributed by atoms with Crippen LogP contribution in [0.25, 0.3) is 0 Å². The summed E-state index contributed by atoms with van der Waals surface area (Å²) < 4.78 is 20.3. The number of nitrogens with one attached hydrogen (secondary N) is 1. The summed E-state index contributed by atoms with van der Waals surface area (Å²) in [5.74, 6) is -1.74. The number of hydrogen-bond acceptors (Lipinski definition) is 7. The van der Waals surface area contributed by atoms with E-state index in [9.17, 15) is 9.59 Å². The lowest BCUT2D eigenvalue weighted by Gasteiger charge is -2.26. The van der Waals surface area contributed by atoms with Gasteiger partial charge in [0, 0.05) is 21.3 Å². The first-order valence-electron chi connectivity index (χ1n) is 5.72. The quantitative estimate of drug-likeness (QED) is 0.407. The molecule has 0 spiro atoms. The fourth-order valence-electron chi connectivity index (χ4n) is 1.37. The van der Waals surface area contributed by atoms with E-state index in [1.54, 1.807) is 6.92 Å². The molecule has 9 heteroatoms. The van der Waals surface area contributed by atoms with Gasteiger partial charge in [0.25, 0.3) is 0 Å². The van der Waals surface area contributed by atoms with E-state index in [1.807, 2.05) is 0 Å². The van der Waals surface area contributed by atoms with Crippen molar-refractivity contribution in [2.24, 2.45) is 0 Å². The largest absolute Gasteiger partial charge is 0.514 e. The van der Waals surface area contributed by atoms with Gasteiger partial charge in [0.05, 0.1) is 19.2 Å². The van der Waals surface area contributed by atoms with Gasteiger partial charge in [-0.3, -0.25) is 14.9 Å². The first-order valence-corrected chi connectivity index (χ1v) is 7.65. The molecule has 0 heterocycles. The second-order valence-electron chi connectivity index (χ2n) is 3.58. The van der Waals surface area contributed by atoms with E-state index in [-0.39, 0.29) is 19.2 Å². The van der Waals surface area contributed by atoms with E-state index < -0.39 is 26.8 Å². The van der Waals surface area contributed by atoms with Gasteiger partial charge in [0.1, 0.15) is 6.04 Å². The highest BCUT2D eigenvalue weighted by Gasteiger charge is 2.39. The van der Waals surface area contributed by atoms with Crippen LogP contribution < -0.4 is 5.32 Å². The van der Waals surface area contributed by atoms with Crippen molar-refractivity contribution in [3.63, 3.8) is 0 Å². The van der Waals surface area contributed by atoms with Crippen molar-refractivity contribution in [3.05, 3.63) is 0 Å². The minimum Gasteiger partial charge on any atom is -0.481 e. The zero-order valence-electron chi connectivity index (χ0n) is 11.6. The first-order chi connectivity index (χ1) is 8.94. The zero-order valence-corrected chi connectivity index (χ0v) is 12.6. The molecule has 1 unspecified atom stereocenters. The number of ether oxygens (including phenoxy) is 1. The van der Waals surface area contributed by atoms with Gasteiger partial charge in [-0.05, 0) is 6.92 Å². The van der Waals surface area contributed by atoms with Crippen molar-refractivity contribution in [2.45, 2.75) is 19.4 Å². The Kier molecular flexibility index (Phi) is 8.51. The molecular weight excluding hydrogens is 274 g/mol. The molecule has 8 nitrogen and oxygen atoms in total. The normalized spacial score (nSPS) is 13.1.